The molecule has 0 aliphatic carbocycles. The normalized spacial score (nSPS) is 17.3. The molecule has 0 radical (unpaired) electrons. The molecule has 9 nitrogen and oxygen atoms in total. The highest BCUT2D eigenvalue weighted by Crippen LogP contribution is 2.23. The van der Waals surface area contributed by atoms with Gasteiger partial charge in [0.1, 0.15) is 5.82 Å². The number of rotatable bonds is 5. The molecule has 3 heterocycles. The van der Waals surface area contributed by atoms with Gasteiger partial charge in [0, 0.05) is 30.3 Å². The monoisotopic (exact) mass is 414 g/mol. The van der Waals surface area contributed by atoms with E-state index in [1.165, 1.54) is 18.3 Å². The van der Waals surface area contributed by atoms with Gasteiger partial charge in [-0.15, -0.1) is 0 Å². The van der Waals surface area contributed by atoms with E-state index < -0.39 is 4.92 Å². The number of nitrogens with one attached hydrogen (secondary N) is 1. The zero-order chi connectivity index (χ0) is 20.4. The Kier molecular flexibility index (Phi) is 5.41. The number of nitro benzene ring substituents is 1. The Morgan fingerprint density at radius 1 is 1.31 bits per heavy atom. The number of halogens is 1. The first-order valence-electron chi connectivity index (χ1n) is 9.24. The third-order valence-corrected chi connectivity index (χ3v) is 5.25. The Bertz CT molecular complexity index is 1050. The second-order valence-corrected chi connectivity index (χ2v) is 7.49. The quantitative estimate of drug-likeness (QED) is 0.507. The molecule has 29 heavy (non-hydrogen) atoms. The van der Waals surface area contributed by atoms with E-state index in [-0.39, 0.29) is 17.5 Å². The lowest BCUT2D eigenvalue weighted by atomic mass is 9.97. The van der Waals surface area contributed by atoms with Crippen LogP contribution in [0.25, 0.3) is 10.9 Å². The summed E-state index contributed by atoms with van der Waals surface area (Å²) >= 11 is 5.83. The molecule has 0 saturated carbocycles. The average molecular weight is 415 g/mol. The van der Waals surface area contributed by atoms with Gasteiger partial charge in [0.2, 0.25) is 5.91 Å². The largest absolute Gasteiger partial charge is 0.310 e. The number of nitro groups is 1. The standard InChI is InChI=1S/C19H19ClN6O3/c20-15-3-6-18(21-10-15)23-19(27)13-2-1-7-24(11-13)12-25-17-5-4-16(26(28)29)8-14(17)9-22-25/h3-6,8-10,13H,1-2,7,11-12H2,(H,21,23,27)/t13-/m0/s1. The van der Waals surface area contributed by atoms with E-state index in [0.29, 0.717) is 24.1 Å². The van der Waals surface area contributed by atoms with Crippen molar-refractivity contribution in [3.8, 4) is 0 Å². The van der Waals surface area contributed by atoms with Crippen molar-refractivity contribution in [1.29, 1.82) is 0 Å². The van der Waals surface area contributed by atoms with Gasteiger partial charge in [-0.3, -0.25) is 24.5 Å². The summed E-state index contributed by atoms with van der Waals surface area (Å²) in [6.07, 6.45) is 4.83. The first-order valence-corrected chi connectivity index (χ1v) is 9.62. The summed E-state index contributed by atoms with van der Waals surface area (Å²) in [6, 6.07) is 8.07. The molecule has 1 saturated heterocycles. The zero-order valence-corrected chi connectivity index (χ0v) is 16.2. The van der Waals surface area contributed by atoms with Gasteiger partial charge in [-0.05, 0) is 37.6 Å². The maximum absolute atomic E-state index is 12.6. The second-order valence-electron chi connectivity index (χ2n) is 7.05. The minimum atomic E-state index is -0.417. The number of hydrogen-bond donors (Lipinski definition) is 1. The highest BCUT2D eigenvalue weighted by atomic mass is 35.5. The number of nitrogens with zero attached hydrogens (tertiary/aromatic N) is 5. The van der Waals surface area contributed by atoms with Crippen LogP contribution in [0, 0.1) is 16.0 Å². The van der Waals surface area contributed by atoms with Gasteiger partial charge in [0.15, 0.2) is 0 Å². The van der Waals surface area contributed by atoms with E-state index in [1.54, 1.807) is 29.1 Å². The fourth-order valence-electron chi connectivity index (χ4n) is 3.57. The highest BCUT2D eigenvalue weighted by Gasteiger charge is 2.26. The molecule has 150 valence electrons. The first-order chi connectivity index (χ1) is 14.0. The topological polar surface area (TPSA) is 106 Å². The predicted molar refractivity (Wildman–Crippen MR) is 109 cm³/mol. The van der Waals surface area contributed by atoms with Crippen LogP contribution in [0.5, 0.6) is 0 Å². The Hall–Kier alpha value is -3.04. The van der Waals surface area contributed by atoms with Crippen LogP contribution in [0.1, 0.15) is 12.8 Å². The van der Waals surface area contributed by atoms with E-state index in [9.17, 15) is 14.9 Å². The summed E-state index contributed by atoms with van der Waals surface area (Å²) in [5.74, 6) is 0.269. The van der Waals surface area contributed by atoms with Crippen molar-refractivity contribution in [2.24, 2.45) is 5.92 Å². The number of likely N-dealkylation sites (tertiary alicyclic amines) is 1. The van der Waals surface area contributed by atoms with Crippen LogP contribution in [-0.2, 0) is 11.5 Å². The van der Waals surface area contributed by atoms with Crippen molar-refractivity contribution in [2.75, 3.05) is 18.4 Å². The van der Waals surface area contributed by atoms with E-state index in [1.807, 2.05) is 0 Å². The summed E-state index contributed by atoms with van der Waals surface area (Å²) < 4.78 is 1.81. The number of aromatic nitrogens is 3. The second kappa shape index (κ2) is 8.14. The average Bonchev–Trinajstić information content (AvgIpc) is 3.12. The Labute approximate surface area is 171 Å². The number of pyridine rings is 1. The molecule has 2 aromatic heterocycles. The van der Waals surface area contributed by atoms with Gasteiger partial charge >= 0.3 is 0 Å². The lowest BCUT2D eigenvalue weighted by Crippen LogP contribution is -2.41. The molecule has 0 bridgehead atoms. The smallest absolute Gasteiger partial charge is 0.270 e. The summed E-state index contributed by atoms with van der Waals surface area (Å²) in [7, 11) is 0. The molecule has 1 fully saturated rings. The highest BCUT2D eigenvalue weighted by molar-refractivity contribution is 6.30. The van der Waals surface area contributed by atoms with Crippen LogP contribution in [0.15, 0.2) is 42.7 Å². The number of non-ortho nitro benzene ring substituents is 1. The maximum atomic E-state index is 12.6. The Morgan fingerprint density at radius 2 is 2.17 bits per heavy atom. The van der Waals surface area contributed by atoms with Crippen LogP contribution in [-0.4, -0.2) is 43.6 Å². The molecule has 1 aliphatic rings. The van der Waals surface area contributed by atoms with E-state index in [0.717, 1.165) is 30.3 Å². The predicted octanol–water partition coefficient (Wildman–Crippen LogP) is 3.30. The Balaban J connectivity index is 1.42. The first kappa shape index (κ1) is 19.3. The van der Waals surface area contributed by atoms with E-state index >= 15 is 0 Å². The maximum Gasteiger partial charge on any atom is 0.270 e. The molecule has 0 spiro atoms. The summed E-state index contributed by atoms with van der Waals surface area (Å²) in [5, 5.41) is 19.4. The van der Waals surface area contributed by atoms with Crippen molar-refractivity contribution >= 4 is 39.9 Å². The summed E-state index contributed by atoms with van der Waals surface area (Å²) in [5.41, 5.74) is 0.870. The molecule has 1 aliphatic heterocycles. The zero-order valence-electron chi connectivity index (χ0n) is 15.5. The van der Waals surface area contributed by atoms with E-state index in [2.05, 4.69) is 20.3 Å². The van der Waals surface area contributed by atoms with Gasteiger partial charge in [-0.25, -0.2) is 4.98 Å². The van der Waals surface area contributed by atoms with Crippen molar-refractivity contribution < 1.29 is 9.72 Å². The van der Waals surface area contributed by atoms with Crippen LogP contribution in [0.4, 0.5) is 11.5 Å². The van der Waals surface area contributed by atoms with Gasteiger partial charge < -0.3 is 5.32 Å². The van der Waals surface area contributed by atoms with Crippen LogP contribution < -0.4 is 5.32 Å². The molecule has 1 atom stereocenters. The van der Waals surface area contributed by atoms with Gasteiger partial charge in [0.05, 0.1) is 34.2 Å². The molecule has 3 aromatic rings. The van der Waals surface area contributed by atoms with Gasteiger partial charge in [-0.2, -0.15) is 5.10 Å². The van der Waals surface area contributed by atoms with Gasteiger partial charge in [0.25, 0.3) is 5.69 Å². The van der Waals surface area contributed by atoms with Crippen LogP contribution in [0.2, 0.25) is 5.02 Å². The number of piperidine rings is 1. The number of carbonyl (C=O) groups is 1. The fourth-order valence-corrected chi connectivity index (χ4v) is 3.68. The molecule has 1 N–H and O–H groups in total. The third kappa shape index (κ3) is 4.36. The summed E-state index contributed by atoms with van der Waals surface area (Å²) in [4.78, 5) is 29.4. The number of benzene rings is 1. The number of hydrogen-bond acceptors (Lipinski definition) is 6. The molecule has 10 heteroatoms. The van der Waals surface area contributed by atoms with Crippen molar-refractivity contribution in [1.82, 2.24) is 19.7 Å². The molecular formula is C19H19ClN6O3. The molecular weight excluding hydrogens is 396 g/mol. The minimum Gasteiger partial charge on any atom is -0.310 e. The van der Waals surface area contributed by atoms with Crippen molar-refractivity contribution in [3.63, 3.8) is 0 Å². The minimum absolute atomic E-state index is 0.0440. The van der Waals surface area contributed by atoms with Crippen molar-refractivity contribution in [3.05, 3.63) is 57.9 Å². The number of fused-ring (bicyclic) bond motifs is 1. The lowest BCUT2D eigenvalue weighted by molar-refractivity contribution is -0.384. The third-order valence-electron chi connectivity index (χ3n) is 5.03. The van der Waals surface area contributed by atoms with E-state index in [4.69, 9.17) is 11.6 Å². The number of anilines is 1. The fraction of sp³-hybridized carbons (Fsp3) is 0.316. The number of carbonyl (C=O) groups excluding carboxylic acids is 1. The lowest BCUT2D eigenvalue weighted by Gasteiger charge is -2.31. The number of amides is 1. The molecule has 1 aromatic carbocycles. The van der Waals surface area contributed by atoms with Crippen LogP contribution in [0.3, 0.4) is 0 Å². The van der Waals surface area contributed by atoms with Crippen molar-refractivity contribution in [2.45, 2.75) is 19.5 Å². The van der Waals surface area contributed by atoms with Crippen LogP contribution >= 0.6 is 11.6 Å². The Morgan fingerprint density at radius 3 is 2.93 bits per heavy atom. The molecule has 4 rings (SSSR count). The SMILES string of the molecule is O=C(Nc1ccc(Cl)cn1)[C@H]1CCCN(Cn2ncc3cc([N+](=O)[O-])ccc32)C1. The molecule has 1 amide bonds. The van der Waals surface area contributed by atoms with Gasteiger partial charge in [-0.1, -0.05) is 11.6 Å². The summed E-state index contributed by atoms with van der Waals surface area (Å²) in [6.45, 7) is 1.98. The molecule has 0 unspecified atom stereocenters.